The summed E-state index contributed by atoms with van der Waals surface area (Å²) < 4.78 is 28.2. The van der Waals surface area contributed by atoms with Crippen molar-refractivity contribution in [1.29, 1.82) is 0 Å². The van der Waals surface area contributed by atoms with Crippen LogP contribution in [0.15, 0.2) is 42.2 Å². The number of anilines is 2. The van der Waals surface area contributed by atoms with Crippen molar-refractivity contribution in [3.05, 3.63) is 47.9 Å². The van der Waals surface area contributed by atoms with Crippen molar-refractivity contribution >= 4 is 55.6 Å². The van der Waals surface area contributed by atoms with Crippen LogP contribution in [-0.4, -0.2) is 74.3 Å². The number of rotatable bonds is 6. The van der Waals surface area contributed by atoms with Crippen molar-refractivity contribution in [2.24, 2.45) is 5.41 Å². The number of benzene rings is 1. The zero-order valence-corrected chi connectivity index (χ0v) is 24.8. The van der Waals surface area contributed by atoms with E-state index in [1.165, 1.54) is 6.33 Å². The minimum absolute atomic E-state index is 0.0574. The Morgan fingerprint density at radius 2 is 1.90 bits per heavy atom. The molecule has 0 bridgehead atoms. The molecule has 1 amide bonds. The van der Waals surface area contributed by atoms with Gasteiger partial charge in [-0.3, -0.25) is 4.79 Å². The number of carbonyl (C=O) groups excluding carboxylic acids is 1. The van der Waals surface area contributed by atoms with Crippen molar-refractivity contribution in [3.63, 3.8) is 0 Å². The van der Waals surface area contributed by atoms with Gasteiger partial charge in [0.25, 0.3) is 5.92 Å². The smallest absolute Gasteiger partial charge is 0.250 e. The second kappa shape index (κ2) is 11.8. The zero-order chi connectivity index (χ0) is 29.2. The van der Waals surface area contributed by atoms with Gasteiger partial charge in [0.15, 0.2) is 0 Å². The molecule has 8 nitrogen and oxygen atoms in total. The lowest BCUT2D eigenvalue weighted by Gasteiger charge is -2.39. The number of piperidine rings is 1. The number of likely N-dealkylation sites (tertiary alicyclic amines) is 1. The molecule has 2 N–H and O–H groups in total. The maximum atomic E-state index is 13.5. The molecule has 0 spiro atoms. The molecule has 2 aliphatic heterocycles. The van der Waals surface area contributed by atoms with Gasteiger partial charge in [0.1, 0.15) is 17.8 Å². The minimum atomic E-state index is -2.58. The topological polar surface area (TPSA) is 90.0 Å². The summed E-state index contributed by atoms with van der Waals surface area (Å²) in [6, 6.07) is 8.09. The quantitative estimate of drug-likeness (QED) is 0.263. The van der Waals surface area contributed by atoms with Crippen molar-refractivity contribution in [1.82, 2.24) is 29.7 Å². The molecule has 6 rings (SSSR count). The summed E-state index contributed by atoms with van der Waals surface area (Å²) in [6.45, 7) is 10.1. The van der Waals surface area contributed by atoms with Gasteiger partial charge in [-0.25, -0.2) is 23.7 Å². The molecule has 5 heterocycles. The number of aromatic nitrogens is 4. The zero-order valence-electron chi connectivity index (χ0n) is 24.0. The molecule has 1 saturated heterocycles. The van der Waals surface area contributed by atoms with Crippen LogP contribution < -0.4 is 5.32 Å². The highest BCUT2D eigenvalue weighted by atomic mass is 32.1. The summed E-state index contributed by atoms with van der Waals surface area (Å²) in [4.78, 5) is 33.9. The van der Waals surface area contributed by atoms with Crippen molar-refractivity contribution in [3.8, 4) is 0 Å². The summed E-state index contributed by atoms with van der Waals surface area (Å²) in [6.07, 6.45) is 4.06. The Bertz CT molecular complexity index is 1550. The molecule has 0 saturated carbocycles. The van der Waals surface area contributed by atoms with E-state index in [9.17, 15) is 13.6 Å². The van der Waals surface area contributed by atoms with Gasteiger partial charge in [-0.15, -0.1) is 11.3 Å². The molecular weight excluding hydrogens is 544 g/mol. The van der Waals surface area contributed by atoms with E-state index in [0.717, 1.165) is 44.0 Å². The van der Waals surface area contributed by atoms with Gasteiger partial charge in [-0.1, -0.05) is 19.9 Å². The number of nitrogens with zero attached hydrogens (tertiary/aromatic N) is 5. The summed E-state index contributed by atoms with van der Waals surface area (Å²) >= 11 is 1.60. The predicted octanol–water partition coefficient (Wildman–Crippen LogP) is 6.71. The van der Waals surface area contributed by atoms with E-state index in [1.54, 1.807) is 11.3 Å². The largest absolute Gasteiger partial charge is 0.340 e. The molecular formula is C30H37F2N7OS. The standard InChI is InChI=1S/C28H31F2N7OS.C2H6/c1-27(2,15-36-11-7-28(29,30)8-12-36)26(38)37-9-5-18(6-10-37)22-14-20-24(31-16-32-25(20)35-22)34-19-3-4-21-23(13-19)39-17-33-21;1-2/h3-5,13-14,16-17H,6-12,15H2,1-2H3,(H2,31,32,34,35);1-2H3. The van der Waals surface area contributed by atoms with E-state index >= 15 is 0 Å². The number of carbonyl (C=O) groups is 1. The first kappa shape index (κ1) is 29.1. The Labute approximate surface area is 242 Å². The van der Waals surface area contributed by atoms with Gasteiger partial charge in [-0.05, 0) is 50.1 Å². The summed E-state index contributed by atoms with van der Waals surface area (Å²) in [7, 11) is 0. The molecule has 0 unspecified atom stereocenters. The van der Waals surface area contributed by atoms with Crippen LogP contribution >= 0.6 is 11.3 Å². The molecule has 3 aromatic heterocycles. The van der Waals surface area contributed by atoms with Crippen LogP contribution in [0.2, 0.25) is 0 Å². The third-order valence-corrected chi connectivity index (χ3v) is 8.44. The first-order valence-electron chi connectivity index (χ1n) is 14.2. The van der Waals surface area contributed by atoms with Crippen molar-refractivity contribution in [2.75, 3.05) is 38.0 Å². The van der Waals surface area contributed by atoms with Crippen molar-refractivity contribution in [2.45, 2.75) is 52.9 Å². The van der Waals surface area contributed by atoms with E-state index in [1.807, 2.05) is 55.1 Å². The SMILES string of the molecule is CC.CC(C)(CN1CCC(F)(F)CC1)C(=O)N1CC=C(c2cc3c(Nc4ccc5ncsc5c4)ncnc3[nH]2)CC1. The molecule has 1 aromatic carbocycles. The Morgan fingerprint density at radius 1 is 1.12 bits per heavy atom. The van der Waals surface area contributed by atoms with Gasteiger partial charge in [0.2, 0.25) is 5.91 Å². The van der Waals surface area contributed by atoms with Crippen LogP contribution in [0.25, 0.3) is 26.8 Å². The van der Waals surface area contributed by atoms with Gasteiger partial charge < -0.3 is 20.1 Å². The Morgan fingerprint density at radius 3 is 2.63 bits per heavy atom. The Hall–Kier alpha value is -3.44. The number of nitrogens with one attached hydrogen (secondary N) is 2. The van der Waals surface area contributed by atoms with Crippen LogP contribution in [0.3, 0.4) is 0 Å². The number of aromatic amines is 1. The van der Waals surface area contributed by atoms with E-state index < -0.39 is 11.3 Å². The van der Waals surface area contributed by atoms with Gasteiger partial charge >= 0.3 is 0 Å². The lowest BCUT2D eigenvalue weighted by atomic mass is 9.89. The molecule has 0 radical (unpaired) electrons. The Balaban J connectivity index is 0.00000165. The van der Waals surface area contributed by atoms with Gasteiger partial charge in [0, 0.05) is 56.9 Å². The number of thiazole rings is 1. The second-order valence-corrected chi connectivity index (χ2v) is 12.0. The van der Waals surface area contributed by atoms with Crippen LogP contribution in [0.1, 0.15) is 52.7 Å². The molecule has 1 fully saturated rings. The molecule has 0 aliphatic carbocycles. The number of hydrogen-bond acceptors (Lipinski definition) is 7. The van der Waals surface area contributed by atoms with Crippen LogP contribution in [-0.2, 0) is 4.79 Å². The molecule has 41 heavy (non-hydrogen) atoms. The van der Waals surface area contributed by atoms with E-state index in [4.69, 9.17) is 0 Å². The average molecular weight is 582 g/mol. The molecule has 218 valence electrons. The van der Waals surface area contributed by atoms with Crippen LogP contribution in [0.5, 0.6) is 0 Å². The minimum Gasteiger partial charge on any atom is -0.340 e. The predicted molar refractivity (Wildman–Crippen MR) is 162 cm³/mol. The van der Waals surface area contributed by atoms with E-state index in [-0.39, 0.29) is 18.7 Å². The molecule has 11 heteroatoms. The summed E-state index contributed by atoms with van der Waals surface area (Å²) in [5.74, 6) is -1.81. The first-order chi connectivity index (χ1) is 19.7. The van der Waals surface area contributed by atoms with Crippen LogP contribution in [0, 0.1) is 5.41 Å². The number of amides is 1. The third kappa shape index (κ3) is 6.41. The molecule has 2 aliphatic rings. The summed E-state index contributed by atoms with van der Waals surface area (Å²) in [5.41, 5.74) is 5.94. The number of hydrogen-bond donors (Lipinski definition) is 2. The number of H-pyrrole nitrogens is 1. The number of fused-ring (bicyclic) bond motifs is 2. The lowest BCUT2D eigenvalue weighted by Crippen LogP contribution is -2.50. The second-order valence-electron chi connectivity index (χ2n) is 11.1. The molecule has 4 aromatic rings. The van der Waals surface area contributed by atoms with Crippen LogP contribution in [0.4, 0.5) is 20.3 Å². The monoisotopic (exact) mass is 581 g/mol. The maximum Gasteiger partial charge on any atom is 0.250 e. The van der Waals surface area contributed by atoms with E-state index in [2.05, 4.69) is 43.5 Å². The van der Waals surface area contributed by atoms with Crippen molar-refractivity contribution < 1.29 is 13.6 Å². The van der Waals surface area contributed by atoms with Gasteiger partial charge in [0.05, 0.1) is 26.5 Å². The number of halogens is 2. The average Bonchev–Trinajstić information content (AvgIpc) is 3.62. The third-order valence-electron chi connectivity index (χ3n) is 7.65. The van der Waals surface area contributed by atoms with E-state index in [0.29, 0.717) is 39.1 Å². The fourth-order valence-corrected chi connectivity index (χ4v) is 6.19. The fraction of sp³-hybridized carbons (Fsp3) is 0.467. The highest BCUT2D eigenvalue weighted by molar-refractivity contribution is 7.16. The fourth-order valence-electron chi connectivity index (χ4n) is 5.47. The number of alkyl halides is 2. The Kier molecular flexibility index (Phi) is 8.37. The highest BCUT2D eigenvalue weighted by Gasteiger charge is 2.39. The summed E-state index contributed by atoms with van der Waals surface area (Å²) in [5, 5.41) is 4.30. The maximum absolute atomic E-state index is 13.5. The lowest BCUT2D eigenvalue weighted by molar-refractivity contribution is -0.141. The first-order valence-corrected chi connectivity index (χ1v) is 15.1. The molecule has 0 atom stereocenters. The highest BCUT2D eigenvalue weighted by Crippen LogP contribution is 2.33. The van der Waals surface area contributed by atoms with Gasteiger partial charge in [-0.2, -0.15) is 0 Å². The normalized spacial score (nSPS) is 17.7.